The minimum atomic E-state index is -3.69. The van der Waals surface area contributed by atoms with Crippen LogP contribution in [0.25, 0.3) is 0 Å². The van der Waals surface area contributed by atoms with Crippen molar-refractivity contribution < 1.29 is 13.2 Å². The van der Waals surface area contributed by atoms with Crippen LogP contribution >= 0.6 is 0 Å². The van der Waals surface area contributed by atoms with Crippen molar-refractivity contribution in [2.24, 2.45) is 0 Å². The first-order valence-electron chi connectivity index (χ1n) is 9.40. The van der Waals surface area contributed by atoms with Gasteiger partial charge in [0, 0.05) is 13.1 Å². The van der Waals surface area contributed by atoms with Gasteiger partial charge in [-0.15, -0.1) is 0 Å². The fourth-order valence-corrected chi connectivity index (χ4v) is 4.45. The zero-order chi connectivity index (χ0) is 20.9. The van der Waals surface area contributed by atoms with Gasteiger partial charge in [-0.05, 0) is 43.4 Å². The molecule has 2 aromatic rings. The quantitative estimate of drug-likeness (QED) is 0.735. The van der Waals surface area contributed by atoms with Crippen molar-refractivity contribution in [2.75, 3.05) is 13.6 Å². The van der Waals surface area contributed by atoms with Gasteiger partial charge in [0.25, 0.3) is 0 Å². The Morgan fingerprint density at radius 2 is 1.64 bits per heavy atom. The van der Waals surface area contributed by atoms with E-state index in [2.05, 4.69) is 31.3 Å². The van der Waals surface area contributed by atoms with E-state index < -0.39 is 10.0 Å². The fourth-order valence-electron chi connectivity index (χ4n) is 3.32. The summed E-state index contributed by atoms with van der Waals surface area (Å²) in [5.74, 6) is -0.311. The van der Waals surface area contributed by atoms with Gasteiger partial charge in [0.15, 0.2) is 0 Å². The molecule has 0 heterocycles. The number of benzene rings is 2. The Hall–Kier alpha value is -2.18. The smallest absolute Gasteiger partial charge is 0.243 e. The zero-order valence-electron chi connectivity index (χ0n) is 17.3. The number of carbonyl (C=O) groups excluding carboxylic acids is 1. The standard InChI is InChI=1S/C22H30N2O3S/c1-17-11-13-20(14-12-17)28(26,27)24(5)16-21(25)23-18(2)15-22(3,4)19-9-7-6-8-10-19/h6-14,18H,15-16H2,1-5H3,(H,23,25)/t18-/m1/s1. The van der Waals surface area contributed by atoms with Crippen molar-refractivity contribution >= 4 is 15.9 Å². The lowest BCUT2D eigenvalue weighted by Gasteiger charge is -2.29. The number of sulfonamides is 1. The summed E-state index contributed by atoms with van der Waals surface area (Å²) in [5.41, 5.74) is 2.08. The molecule has 0 saturated heterocycles. The van der Waals surface area contributed by atoms with E-state index in [1.807, 2.05) is 32.0 Å². The van der Waals surface area contributed by atoms with E-state index in [0.717, 1.165) is 16.3 Å². The number of likely N-dealkylation sites (N-methyl/N-ethyl adjacent to an activating group) is 1. The van der Waals surface area contributed by atoms with Crippen molar-refractivity contribution in [3.05, 3.63) is 65.7 Å². The molecular formula is C22H30N2O3S. The predicted molar refractivity (Wildman–Crippen MR) is 113 cm³/mol. The first-order chi connectivity index (χ1) is 13.0. The van der Waals surface area contributed by atoms with Crippen LogP contribution in [-0.4, -0.2) is 38.3 Å². The number of carbonyl (C=O) groups is 1. The van der Waals surface area contributed by atoms with Crippen LogP contribution in [0.3, 0.4) is 0 Å². The number of nitrogens with one attached hydrogen (secondary N) is 1. The molecule has 5 nitrogen and oxygen atoms in total. The third kappa shape index (κ3) is 5.66. The molecule has 0 spiro atoms. The molecule has 0 aliphatic heterocycles. The van der Waals surface area contributed by atoms with Crippen LogP contribution in [0.5, 0.6) is 0 Å². The molecule has 28 heavy (non-hydrogen) atoms. The summed E-state index contributed by atoms with van der Waals surface area (Å²) in [6, 6.07) is 16.7. The van der Waals surface area contributed by atoms with Crippen molar-refractivity contribution in [3.63, 3.8) is 0 Å². The van der Waals surface area contributed by atoms with E-state index in [-0.39, 0.29) is 28.8 Å². The van der Waals surface area contributed by atoms with Crippen LogP contribution in [0.15, 0.2) is 59.5 Å². The third-order valence-corrected chi connectivity index (χ3v) is 6.69. The summed E-state index contributed by atoms with van der Waals surface area (Å²) in [7, 11) is -2.27. The molecule has 0 aliphatic rings. The van der Waals surface area contributed by atoms with Crippen molar-refractivity contribution in [2.45, 2.75) is 50.5 Å². The zero-order valence-corrected chi connectivity index (χ0v) is 18.1. The van der Waals surface area contributed by atoms with E-state index in [9.17, 15) is 13.2 Å². The molecule has 0 unspecified atom stereocenters. The summed E-state index contributed by atoms with van der Waals surface area (Å²) in [6.07, 6.45) is 0.747. The number of nitrogens with zero attached hydrogens (tertiary/aromatic N) is 1. The SMILES string of the molecule is Cc1ccc(S(=O)(=O)N(C)CC(=O)N[C@H](C)CC(C)(C)c2ccccc2)cc1. The van der Waals surface area contributed by atoms with Crippen molar-refractivity contribution in [1.82, 2.24) is 9.62 Å². The van der Waals surface area contributed by atoms with E-state index in [4.69, 9.17) is 0 Å². The molecule has 0 saturated carbocycles. The summed E-state index contributed by atoms with van der Waals surface area (Å²) >= 11 is 0. The molecule has 0 aromatic heterocycles. The lowest BCUT2D eigenvalue weighted by Crippen LogP contribution is -2.43. The maximum atomic E-state index is 12.6. The lowest BCUT2D eigenvalue weighted by molar-refractivity contribution is -0.121. The Kier molecular flexibility index (Phi) is 7.01. The topological polar surface area (TPSA) is 66.5 Å². The van der Waals surface area contributed by atoms with E-state index >= 15 is 0 Å². The molecule has 6 heteroatoms. The van der Waals surface area contributed by atoms with Crippen molar-refractivity contribution in [1.29, 1.82) is 0 Å². The van der Waals surface area contributed by atoms with Crippen LogP contribution in [0, 0.1) is 6.92 Å². The van der Waals surface area contributed by atoms with E-state index in [0.29, 0.717) is 0 Å². The van der Waals surface area contributed by atoms with Gasteiger partial charge in [-0.3, -0.25) is 4.79 Å². The summed E-state index contributed by atoms with van der Waals surface area (Å²) < 4.78 is 26.3. The van der Waals surface area contributed by atoms with Gasteiger partial charge in [-0.25, -0.2) is 8.42 Å². The van der Waals surface area contributed by atoms with E-state index in [1.165, 1.54) is 12.6 Å². The second-order valence-corrected chi connectivity index (χ2v) is 10.0. The highest BCUT2D eigenvalue weighted by Gasteiger charge is 2.26. The van der Waals surface area contributed by atoms with E-state index in [1.54, 1.807) is 24.3 Å². The van der Waals surface area contributed by atoms with Gasteiger partial charge in [0.2, 0.25) is 15.9 Å². The summed E-state index contributed by atoms with van der Waals surface area (Å²) in [4.78, 5) is 12.6. The average Bonchev–Trinajstić information content (AvgIpc) is 2.62. The van der Waals surface area contributed by atoms with Gasteiger partial charge < -0.3 is 5.32 Å². The lowest BCUT2D eigenvalue weighted by atomic mass is 9.79. The highest BCUT2D eigenvalue weighted by atomic mass is 32.2. The van der Waals surface area contributed by atoms with Gasteiger partial charge in [0.05, 0.1) is 11.4 Å². The molecule has 2 rings (SSSR count). The molecule has 1 amide bonds. The Balaban J connectivity index is 1.96. The second kappa shape index (κ2) is 8.88. The molecule has 1 N–H and O–H groups in total. The Morgan fingerprint density at radius 3 is 2.21 bits per heavy atom. The molecule has 0 fully saturated rings. The maximum absolute atomic E-state index is 12.6. The maximum Gasteiger partial charge on any atom is 0.243 e. The molecule has 0 aliphatic carbocycles. The molecule has 2 aromatic carbocycles. The largest absolute Gasteiger partial charge is 0.352 e. The Bertz CT molecular complexity index is 891. The Labute approximate surface area is 168 Å². The van der Waals surface area contributed by atoms with Gasteiger partial charge in [-0.1, -0.05) is 61.9 Å². The number of hydrogen-bond donors (Lipinski definition) is 1. The number of aryl methyl sites for hydroxylation is 1. The fraction of sp³-hybridized carbons (Fsp3) is 0.409. The average molecular weight is 403 g/mol. The van der Waals surface area contributed by atoms with Gasteiger partial charge in [-0.2, -0.15) is 4.31 Å². The number of amides is 1. The first-order valence-corrected chi connectivity index (χ1v) is 10.8. The van der Waals surface area contributed by atoms with Crippen LogP contribution in [0.4, 0.5) is 0 Å². The van der Waals surface area contributed by atoms with Crippen LogP contribution in [0.2, 0.25) is 0 Å². The molecule has 0 bridgehead atoms. The highest BCUT2D eigenvalue weighted by Crippen LogP contribution is 2.28. The molecule has 1 atom stereocenters. The normalized spacial score (nSPS) is 13.4. The monoisotopic (exact) mass is 402 g/mol. The van der Waals surface area contributed by atoms with Gasteiger partial charge >= 0.3 is 0 Å². The summed E-state index contributed by atoms with van der Waals surface area (Å²) in [6.45, 7) is 7.90. The number of rotatable bonds is 8. The molecule has 152 valence electrons. The first kappa shape index (κ1) is 22.1. The van der Waals surface area contributed by atoms with Gasteiger partial charge in [0.1, 0.15) is 0 Å². The van der Waals surface area contributed by atoms with Crippen LogP contribution in [0.1, 0.15) is 38.3 Å². The number of hydrogen-bond acceptors (Lipinski definition) is 3. The predicted octanol–water partition coefficient (Wildman–Crippen LogP) is 3.49. The second-order valence-electron chi connectivity index (χ2n) is 8.00. The summed E-state index contributed by atoms with van der Waals surface area (Å²) in [5, 5.41) is 2.92. The minimum absolute atomic E-state index is 0.0850. The minimum Gasteiger partial charge on any atom is -0.352 e. The highest BCUT2D eigenvalue weighted by molar-refractivity contribution is 7.89. The van der Waals surface area contributed by atoms with Crippen molar-refractivity contribution in [3.8, 4) is 0 Å². The molecule has 0 radical (unpaired) electrons. The third-order valence-electron chi connectivity index (χ3n) is 4.87. The Morgan fingerprint density at radius 1 is 1.07 bits per heavy atom. The van der Waals surface area contributed by atoms with Crippen LogP contribution in [-0.2, 0) is 20.2 Å². The molecular weight excluding hydrogens is 372 g/mol. The van der Waals surface area contributed by atoms with Crippen LogP contribution < -0.4 is 5.32 Å².